The maximum absolute atomic E-state index is 12.6. The molecule has 1 N–H and O–H groups in total. The van der Waals surface area contributed by atoms with Gasteiger partial charge in [-0.1, -0.05) is 6.07 Å². The van der Waals surface area contributed by atoms with E-state index in [4.69, 9.17) is 9.47 Å². The summed E-state index contributed by atoms with van der Waals surface area (Å²) in [7, 11) is 0. The van der Waals surface area contributed by atoms with Crippen molar-refractivity contribution >= 4 is 5.91 Å². The van der Waals surface area contributed by atoms with E-state index in [1.165, 1.54) is 0 Å². The Morgan fingerprint density at radius 1 is 1.10 bits per heavy atom. The summed E-state index contributed by atoms with van der Waals surface area (Å²) in [6, 6.07) is 9.62. The van der Waals surface area contributed by atoms with Gasteiger partial charge in [0.15, 0.2) is 17.3 Å². The van der Waals surface area contributed by atoms with E-state index in [1.54, 1.807) is 12.4 Å². The lowest BCUT2D eigenvalue weighted by atomic mass is 10.1. The summed E-state index contributed by atoms with van der Waals surface area (Å²) in [6.45, 7) is 1.01. The van der Waals surface area contributed by atoms with E-state index in [2.05, 4.69) is 25.1 Å². The van der Waals surface area contributed by atoms with Crippen LogP contribution in [-0.4, -0.2) is 38.5 Å². The lowest BCUT2D eigenvalue weighted by molar-refractivity contribution is -0.121. The third-order valence-corrected chi connectivity index (χ3v) is 5.35. The van der Waals surface area contributed by atoms with Crippen LogP contribution in [0.3, 0.4) is 0 Å². The fourth-order valence-electron chi connectivity index (χ4n) is 3.86. The Balaban J connectivity index is 1.22. The molecular weight excluding hydrogens is 370 g/mol. The van der Waals surface area contributed by atoms with Gasteiger partial charge in [0.05, 0.1) is 6.42 Å². The summed E-state index contributed by atoms with van der Waals surface area (Å²) >= 11 is 0. The molecule has 0 saturated heterocycles. The van der Waals surface area contributed by atoms with Gasteiger partial charge in [-0.2, -0.15) is 0 Å². The summed E-state index contributed by atoms with van der Waals surface area (Å²) in [5.74, 6) is 3.26. The van der Waals surface area contributed by atoms with Crippen molar-refractivity contribution in [2.45, 2.75) is 38.3 Å². The van der Waals surface area contributed by atoms with E-state index < -0.39 is 0 Å². The Bertz CT molecular complexity index is 1030. The lowest BCUT2D eigenvalue weighted by Gasteiger charge is -2.16. The van der Waals surface area contributed by atoms with Gasteiger partial charge in [-0.3, -0.25) is 9.78 Å². The predicted octanol–water partition coefficient (Wildman–Crippen LogP) is 2.13. The number of carbonyl (C=O) groups excluding carboxylic acids is 1. The van der Waals surface area contributed by atoms with Crippen LogP contribution in [0.1, 0.15) is 24.2 Å². The highest BCUT2D eigenvalue weighted by atomic mass is 16.7. The van der Waals surface area contributed by atoms with Crippen LogP contribution in [0.2, 0.25) is 0 Å². The molecule has 8 heteroatoms. The molecule has 2 aliphatic rings. The molecule has 0 fully saturated rings. The first-order valence-corrected chi connectivity index (χ1v) is 9.76. The standard InChI is InChI=1S/C21H21N5O3/c27-20(12-14-1-3-17-18(11-14)29-13-28-17)23-16-2-4-19-24-25-21(26(19)10-7-16)15-5-8-22-9-6-15/h1,3,5-6,8-9,11,16H,2,4,7,10,12-13H2,(H,23,27). The second kappa shape index (κ2) is 7.54. The van der Waals surface area contributed by atoms with E-state index in [0.29, 0.717) is 12.2 Å². The topological polar surface area (TPSA) is 91.2 Å². The Morgan fingerprint density at radius 2 is 1.97 bits per heavy atom. The number of aryl methyl sites for hydroxylation is 1. The van der Waals surface area contributed by atoms with Gasteiger partial charge < -0.3 is 19.4 Å². The molecule has 0 spiro atoms. The molecule has 2 aliphatic heterocycles. The van der Waals surface area contributed by atoms with E-state index in [0.717, 1.165) is 54.3 Å². The SMILES string of the molecule is O=C(Cc1ccc2c(c1)OCO2)NC1CCc2nnc(-c3ccncc3)n2CC1. The number of rotatable bonds is 4. The number of ether oxygens (including phenoxy) is 2. The van der Waals surface area contributed by atoms with Crippen molar-refractivity contribution in [3.05, 3.63) is 54.1 Å². The summed E-state index contributed by atoms with van der Waals surface area (Å²) in [4.78, 5) is 16.6. The minimum atomic E-state index is 0.0147. The van der Waals surface area contributed by atoms with Crippen molar-refractivity contribution in [1.29, 1.82) is 0 Å². The molecule has 29 heavy (non-hydrogen) atoms. The molecule has 0 saturated carbocycles. The molecule has 1 aromatic carbocycles. The van der Waals surface area contributed by atoms with Gasteiger partial charge in [0.1, 0.15) is 5.82 Å². The van der Waals surface area contributed by atoms with Crippen molar-refractivity contribution in [3.63, 3.8) is 0 Å². The van der Waals surface area contributed by atoms with Crippen molar-refractivity contribution in [1.82, 2.24) is 25.1 Å². The number of nitrogens with one attached hydrogen (secondary N) is 1. The molecule has 3 aromatic rings. The maximum atomic E-state index is 12.6. The largest absolute Gasteiger partial charge is 0.454 e. The average Bonchev–Trinajstić information content (AvgIpc) is 3.32. The number of amides is 1. The van der Waals surface area contributed by atoms with E-state index >= 15 is 0 Å². The van der Waals surface area contributed by atoms with Gasteiger partial charge in [-0.05, 0) is 42.7 Å². The van der Waals surface area contributed by atoms with Gasteiger partial charge in [0, 0.05) is 37.0 Å². The molecule has 0 bridgehead atoms. The van der Waals surface area contributed by atoms with Gasteiger partial charge >= 0.3 is 0 Å². The van der Waals surface area contributed by atoms with Crippen molar-refractivity contribution < 1.29 is 14.3 Å². The molecule has 1 amide bonds. The Hall–Kier alpha value is -3.42. The minimum absolute atomic E-state index is 0.0147. The van der Waals surface area contributed by atoms with Crippen LogP contribution >= 0.6 is 0 Å². The number of hydrogen-bond acceptors (Lipinski definition) is 6. The molecule has 148 valence electrons. The van der Waals surface area contributed by atoms with Gasteiger partial charge in [-0.15, -0.1) is 10.2 Å². The van der Waals surface area contributed by atoms with Crippen LogP contribution in [0.4, 0.5) is 0 Å². The highest BCUT2D eigenvalue weighted by Crippen LogP contribution is 2.32. The number of carbonyl (C=O) groups is 1. The van der Waals surface area contributed by atoms with Gasteiger partial charge in [0.2, 0.25) is 12.7 Å². The number of hydrogen-bond donors (Lipinski definition) is 1. The second-order valence-corrected chi connectivity index (χ2v) is 7.28. The molecular formula is C21H21N5O3. The summed E-state index contributed by atoms with van der Waals surface area (Å²) in [6.07, 6.45) is 6.31. The second-order valence-electron chi connectivity index (χ2n) is 7.28. The van der Waals surface area contributed by atoms with Crippen molar-refractivity contribution in [2.75, 3.05) is 6.79 Å². The van der Waals surface area contributed by atoms with E-state index in [9.17, 15) is 4.79 Å². The molecule has 4 heterocycles. The quantitative estimate of drug-likeness (QED) is 0.733. The maximum Gasteiger partial charge on any atom is 0.231 e. The molecule has 5 rings (SSSR count). The normalized spacial score (nSPS) is 17.4. The first kappa shape index (κ1) is 17.7. The highest BCUT2D eigenvalue weighted by Gasteiger charge is 2.22. The Morgan fingerprint density at radius 3 is 2.86 bits per heavy atom. The molecule has 0 radical (unpaired) electrons. The van der Waals surface area contributed by atoms with Crippen LogP contribution in [0, 0.1) is 0 Å². The van der Waals surface area contributed by atoms with Gasteiger partial charge in [0.25, 0.3) is 0 Å². The fourth-order valence-corrected chi connectivity index (χ4v) is 3.86. The molecule has 1 unspecified atom stereocenters. The average molecular weight is 391 g/mol. The van der Waals surface area contributed by atoms with Crippen LogP contribution < -0.4 is 14.8 Å². The smallest absolute Gasteiger partial charge is 0.231 e. The zero-order valence-corrected chi connectivity index (χ0v) is 15.9. The summed E-state index contributed by atoms with van der Waals surface area (Å²) in [5, 5.41) is 11.9. The predicted molar refractivity (Wildman–Crippen MR) is 104 cm³/mol. The summed E-state index contributed by atoms with van der Waals surface area (Å²) in [5.41, 5.74) is 1.92. The van der Waals surface area contributed by atoms with Crippen molar-refractivity contribution in [2.24, 2.45) is 0 Å². The molecule has 2 aromatic heterocycles. The number of pyridine rings is 1. The molecule has 8 nitrogen and oxygen atoms in total. The Labute approximate surface area is 167 Å². The number of fused-ring (bicyclic) bond motifs is 2. The highest BCUT2D eigenvalue weighted by molar-refractivity contribution is 5.79. The first-order chi connectivity index (χ1) is 14.3. The molecule has 0 aliphatic carbocycles. The number of benzene rings is 1. The monoisotopic (exact) mass is 391 g/mol. The third-order valence-electron chi connectivity index (χ3n) is 5.35. The minimum Gasteiger partial charge on any atom is -0.454 e. The summed E-state index contributed by atoms with van der Waals surface area (Å²) < 4.78 is 12.9. The fraction of sp³-hybridized carbons (Fsp3) is 0.333. The van der Waals surface area contributed by atoms with Gasteiger partial charge in [-0.25, -0.2) is 0 Å². The lowest BCUT2D eigenvalue weighted by Crippen LogP contribution is -2.36. The first-order valence-electron chi connectivity index (χ1n) is 9.76. The zero-order chi connectivity index (χ0) is 19.6. The number of aromatic nitrogens is 4. The third kappa shape index (κ3) is 3.65. The van der Waals surface area contributed by atoms with Crippen LogP contribution in [0.15, 0.2) is 42.7 Å². The number of nitrogens with zero attached hydrogens (tertiary/aromatic N) is 4. The van der Waals surface area contributed by atoms with Crippen molar-refractivity contribution in [3.8, 4) is 22.9 Å². The van der Waals surface area contributed by atoms with Crippen LogP contribution in [0.25, 0.3) is 11.4 Å². The van der Waals surface area contributed by atoms with E-state index in [-0.39, 0.29) is 18.7 Å². The Kier molecular flexibility index (Phi) is 4.59. The van der Waals surface area contributed by atoms with Crippen LogP contribution in [-0.2, 0) is 24.2 Å². The molecule has 1 atom stereocenters. The zero-order valence-electron chi connectivity index (χ0n) is 15.9. The van der Waals surface area contributed by atoms with E-state index in [1.807, 2.05) is 30.3 Å². The van der Waals surface area contributed by atoms with Crippen LogP contribution in [0.5, 0.6) is 11.5 Å².